The SMILES string of the molecule is C=CCNS(=O)(=O)c1cc(C(=O)NNC(=O)c2ccccc2F)ccc1F. The lowest BCUT2D eigenvalue weighted by atomic mass is 10.2. The minimum absolute atomic E-state index is 0.128. The van der Waals surface area contributed by atoms with Gasteiger partial charge in [0.25, 0.3) is 11.8 Å². The van der Waals surface area contributed by atoms with Gasteiger partial charge in [0.15, 0.2) is 0 Å². The molecule has 2 amide bonds. The molecule has 0 aliphatic rings. The first-order valence-electron chi connectivity index (χ1n) is 7.51. The third-order valence-electron chi connectivity index (χ3n) is 3.31. The van der Waals surface area contributed by atoms with Crippen LogP contribution in [0.5, 0.6) is 0 Å². The molecule has 27 heavy (non-hydrogen) atoms. The van der Waals surface area contributed by atoms with Crippen LogP contribution >= 0.6 is 0 Å². The highest BCUT2D eigenvalue weighted by atomic mass is 32.2. The predicted octanol–water partition coefficient (Wildman–Crippen LogP) is 1.50. The first-order chi connectivity index (χ1) is 12.8. The van der Waals surface area contributed by atoms with E-state index < -0.39 is 38.4 Å². The number of amides is 2. The van der Waals surface area contributed by atoms with Crippen LogP contribution in [0.1, 0.15) is 20.7 Å². The third kappa shape index (κ3) is 4.96. The second kappa shape index (κ2) is 8.52. The molecule has 0 aliphatic carbocycles. The predicted molar refractivity (Wildman–Crippen MR) is 93.1 cm³/mol. The minimum atomic E-state index is -4.20. The summed E-state index contributed by atoms with van der Waals surface area (Å²) in [6, 6.07) is 7.77. The Morgan fingerprint density at radius 1 is 1.00 bits per heavy atom. The van der Waals surface area contributed by atoms with E-state index in [9.17, 15) is 26.8 Å². The second-order valence-corrected chi connectivity index (χ2v) is 6.91. The molecule has 2 aromatic rings. The molecule has 2 rings (SSSR count). The van der Waals surface area contributed by atoms with Gasteiger partial charge in [-0.15, -0.1) is 6.58 Å². The van der Waals surface area contributed by atoms with Gasteiger partial charge in [0.05, 0.1) is 5.56 Å². The maximum absolute atomic E-state index is 13.8. The molecule has 0 saturated heterocycles. The van der Waals surface area contributed by atoms with Crippen LogP contribution in [0.4, 0.5) is 8.78 Å². The Morgan fingerprint density at radius 3 is 2.33 bits per heavy atom. The van der Waals surface area contributed by atoms with E-state index in [0.717, 1.165) is 24.3 Å². The monoisotopic (exact) mass is 395 g/mol. The summed E-state index contributed by atoms with van der Waals surface area (Å²) in [6.45, 7) is 3.22. The Labute approximate surface area is 154 Å². The van der Waals surface area contributed by atoms with E-state index in [4.69, 9.17) is 0 Å². The number of benzene rings is 2. The Kier molecular flexibility index (Phi) is 6.37. The van der Waals surface area contributed by atoms with Gasteiger partial charge in [-0.1, -0.05) is 18.2 Å². The van der Waals surface area contributed by atoms with Crippen molar-refractivity contribution in [2.45, 2.75) is 4.90 Å². The Balaban J connectivity index is 2.15. The van der Waals surface area contributed by atoms with Crippen LogP contribution in [0.3, 0.4) is 0 Å². The van der Waals surface area contributed by atoms with E-state index in [0.29, 0.717) is 0 Å². The van der Waals surface area contributed by atoms with Gasteiger partial charge in [0, 0.05) is 12.1 Å². The number of halogens is 2. The van der Waals surface area contributed by atoms with Gasteiger partial charge >= 0.3 is 0 Å². The Bertz CT molecular complexity index is 993. The smallest absolute Gasteiger partial charge is 0.267 e. The van der Waals surface area contributed by atoms with Gasteiger partial charge in [-0.2, -0.15) is 0 Å². The standard InChI is InChI=1S/C17H15F2N3O4S/c1-2-9-20-27(25,26)15-10-11(7-8-14(15)19)16(23)21-22-17(24)12-5-3-4-6-13(12)18/h2-8,10,20H,1,9H2,(H,21,23)(H,22,24). The molecular formula is C17H15F2N3O4S. The van der Waals surface area contributed by atoms with E-state index >= 15 is 0 Å². The van der Waals surface area contributed by atoms with Crippen molar-refractivity contribution >= 4 is 21.8 Å². The van der Waals surface area contributed by atoms with Crippen LogP contribution in [-0.4, -0.2) is 26.8 Å². The molecule has 0 radical (unpaired) electrons. The summed E-state index contributed by atoms with van der Waals surface area (Å²) >= 11 is 0. The zero-order valence-electron chi connectivity index (χ0n) is 13.8. The number of nitrogens with one attached hydrogen (secondary N) is 3. The zero-order chi connectivity index (χ0) is 20.0. The average molecular weight is 395 g/mol. The fraction of sp³-hybridized carbons (Fsp3) is 0.0588. The van der Waals surface area contributed by atoms with Crippen molar-refractivity contribution in [1.29, 1.82) is 0 Å². The fourth-order valence-corrected chi connectivity index (χ4v) is 3.09. The topological polar surface area (TPSA) is 104 Å². The van der Waals surface area contributed by atoms with Crippen molar-refractivity contribution in [2.24, 2.45) is 0 Å². The largest absolute Gasteiger partial charge is 0.272 e. The van der Waals surface area contributed by atoms with Gasteiger partial charge in [0.1, 0.15) is 16.5 Å². The fourth-order valence-electron chi connectivity index (χ4n) is 2.00. The molecule has 0 aromatic heterocycles. The van der Waals surface area contributed by atoms with Crippen LogP contribution in [0.25, 0.3) is 0 Å². The second-order valence-electron chi connectivity index (χ2n) is 5.17. The van der Waals surface area contributed by atoms with E-state index in [1.54, 1.807) is 0 Å². The van der Waals surface area contributed by atoms with E-state index in [-0.39, 0.29) is 17.7 Å². The van der Waals surface area contributed by atoms with Crippen LogP contribution < -0.4 is 15.6 Å². The summed E-state index contributed by atoms with van der Waals surface area (Å²) in [5.41, 5.74) is 3.47. The lowest BCUT2D eigenvalue weighted by molar-refractivity contribution is 0.0844. The highest BCUT2D eigenvalue weighted by Crippen LogP contribution is 2.16. The van der Waals surface area contributed by atoms with Crippen molar-refractivity contribution in [3.63, 3.8) is 0 Å². The molecule has 2 aromatic carbocycles. The number of hydrogen-bond donors (Lipinski definition) is 3. The first kappa shape index (κ1) is 20.2. The van der Waals surface area contributed by atoms with E-state index in [1.807, 2.05) is 10.9 Å². The molecule has 0 fully saturated rings. The normalized spacial score (nSPS) is 10.9. The summed E-state index contributed by atoms with van der Waals surface area (Å²) < 4.78 is 53.5. The molecule has 7 nitrogen and oxygen atoms in total. The van der Waals surface area contributed by atoms with Gasteiger partial charge in [-0.3, -0.25) is 20.4 Å². The Morgan fingerprint density at radius 2 is 1.67 bits per heavy atom. The summed E-state index contributed by atoms with van der Waals surface area (Å²) in [6.07, 6.45) is 1.27. The summed E-state index contributed by atoms with van der Waals surface area (Å²) in [7, 11) is -4.20. The van der Waals surface area contributed by atoms with E-state index in [2.05, 4.69) is 11.3 Å². The highest BCUT2D eigenvalue weighted by molar-refractivity contribution is 7.89. The van der Waals surface area contributed by atoms with Crippen molar-refractivity contribution < 1.29 is 26.8 Å². The maximum atomic E-state index is 13.8. The first-order valence-corrected chi connectivity index (χ1v) is 9.00. The number of carbonyl (C=O) groups excluding carboxylic acids is 2. The average Bonchev–Trinajstić information content (AvgIpc) is 2.64. The Hall–Kier alpha value is -3.11. The molecule has 0 unspecified atom stereocenters. The summed E-state index contributed by atoms with van der Waals surface area (Å²) in [5.74, 6) is -3.67. The summed E-state index contributed by atoms with van der Waals surface area (Å²) in [5, 5.41) is 0. The third-order valence-corrected chi connectivity index (χ3v) is 4.75. The number of hydrogen-bond acceptors (Lipinski definition) is 4. The highest BCUT2D eigenvalue weighted by Gasteiger charge is 2.21. The van der Waals surface area contributed by atoms with Crippen LogP contribution in [0, 0.1) is 11.6 Å². The zero-order valence-corrected chi connectivity index (χ0v) is 14.6. The number of carbonyl (C=O) groups is 2. The van der Waals surface area contributed by atoms with Gasteiger partial charge in [-0.05, 0) is 30.3 Å². The molecule has 10 heteroatoms. The lowest BCUT2D eigenvalue weighted by Gasteiger charge is -2.10. The van der Waals surface area contributed by atoms with Crippen LogP contribution in [0.2, 0.25) is 0 Å². The molecule has 0 bridgehead atoms. The van der Waals surface area contributed by atoms with Gasteiger partial charge in [-0.25, -0.2) is 21.9 Å². The molecular weight excluding hydrogens is 380 g/mol. The van der Waals surface area contributed by atoms with E-state index in [1.165, 1.54) is 24.3 Å². The van der Waals surface area contributed by atoms with Crippen LogP contribution in [0.15, 0.2) is 60.0 Å². The maximum Gasteiger partial charge on any atom is 0.272 e. The van der Waals surface area contributed by atoms with Crippen molar-refractivity contribution in [2.75, 3.05) is 6.54 Å². The number of sulfonamides is 1. The molecule has 0 aliphatic heterocycles. The molecule has 142 valence electrons. The molecule has 0 spiro atoms. The number of rotatable bonds is 6. The molecule has 3 N–H and O–H groups in total. The van der Waals surface area contributed by atoms with Crippen molar-refractivity contribution in [3.05, 3.63) is 77.9 Å². The molecule has 0 saturated carbocycles. The minimum Gasteiger partial charge on any atom is -0.267 e. The van der Waals surface area contributed by atoms with Gasteiger partial charge < -0.3 is 0 Å². The van der Waals surface area contributed by atoms with Crippen LogP contribution in [-0.2, 0) is 10.0 Å². The van der Waals surface area contributed by atoms with Crippen molar-refractivity contribution in [3.8, 4) is 0 Å². The van der Waals surface area contributed by atoms with Crippen molar-refractivity contribution in [1.82, 2.24) is 15.6 Å². The van der Waals surface area contributed by atoms with Gasteiger partial charge in [0.2, 0.25) is 10.0 Å². The number of hydrazine groups is 1. The lowest BCUT2D eigenvalue weighted by Crippen LogP contribution is -2.42. The quantitative estimate of drug-likeness (QED) is 0.509. The molecule has 0 heterocycles. The molecule has 0 atom stereocenters. The summed E-state index contributed by atoms with van der Waals surface area (Å²) in [4.78, 5) is 23.2.